The Balaban J connectivity index is 2.63. The number of nitrogens with one attached hydrogen (secondary N) is 1. The minimum atomic E-state index is -2.90. The third-order valence-electron chi connectivity index (χ3n) is 1.94. The predicted molar refractivity (Wildman–Crippen MR) is 51.2 cm³/mol. The van der Waals surface area contributed by atoms with Crippen LogP contribution in [-0.2, 0) is 0 Å². The van der Waals surface area contributed by atoms with Gasteiger partial charge in [0.1, 0.15) is 5.75 Å². The van der Waals surface area contributed by atoms with Crippen molar-refractivity contribution in [3.63, 3.8) is 0 Å². The van der Waals surface area contributed by atoms with Gasteiger partial charge in [-0.3, -0.25) is 4.79 Å². The molecule has 2 rings (SSSR count). The van der Waals surface area contributed by atoms with Crippen LogP contribution in [0.25, 0.3) is 10.9 Å². The molecule has 1 aromatic carbocycles. The van der Waals surface area contributed by atoms with Crippen LogP contribution in [0.15, 0.2) is 35.1 Å². The molecule has 0 aliphatic rings. The molecule has 5 heteroatoms. The molecule has 0 aliphatic heterocycles. The Morgan fingerprint density at radius 1 is 1.20 bits per heavy atom. The van der Waals surface area contributed by atoms with Gasteiger partial charge in [-0.05, 0) is 12.1 Å². The van der Waals surface area contributed by atoms with Crippen molar-refractivity contribution < 1.29 is 13.5 Å². The van der Waals surface area contributed by atoms with Gasteiger partial charge in [-0.25, -0.2) is 0 Å². The fourth-order valence-electron chi connectivity index (χ4n) is 1.35. The number of alkyl halides is 2. The number of rotatable bonds is 2. The lowest BCUT2D eigenvalue weighted by molar-refractivity contribution is -0.0489. The third-order valence-corrected chi connectivity index (χ3v) is 1.94. The highest BCUT2D eigenvalue weighted by molar-refractivity contribution is 5.84. The molecule has 0 radical (unpaired) electrons. The quantitative estimate of drug-likeness (QED) is 0.826. The van der Waals surface area contributed by atoms with Gasteiger partial charge in [0.05, 0.1) is 5.52 Å². The summed E-state index contributed by atoms with van der Waals surface area (Å²) in [5, 5.41) is 0.646. The van der Waals surface area contributed by atoms with Gasteiger partial charge in [-0.15, -0.1) is 0 Å². The van der Waals surface area contributed by atoms with Crippen LogP contribution in [0.4, 0.5) is 8.78 Å². The van der Waals surface area contributed by atoms with Crippen LogP contribution in [-0.4, -0.2) is 11.6 Å². The first kappa shape index (κ1) is 9.64. The number of halogens is 2. The zero-order valence-electron chi connectivity index (χ0n) is 7.54. The summed E-state index contributed by atoms with van der Waals surface area (Å²) in [4.78, 5) is 13.5. The molecular formula is C10H7F2NO2. The molecule has 0 bridgehead atoms. The monoisotopic (exact) mass is 211 g/mol. The van der Waals surface area contributed by atoms with Gasteiger partial charge in [0, 0.05) is 11.5 Å². The lowest BCUT2D eigenvalue weighted by Gasteiger charge is -2.06. The average molecular weight is 211 g/mol. The summed E-state index contributed by atoms with van der Waals surface area (Å²) >= 11 is 0. The fraction of sp³-hybridized carbons (Fsp3) is 0.100. The normalized spacial score (nSPS) is 10.9. The van der Waals surface area contributed by atoms with Crippen molar-refractivity contribution in [3.8, 4) is 5.75 Å². The fourth-order valence-corrected chi connectivity index (χ4v) is 1.35. The van der Waals surface area contributed by atoms with E-state index in [0.717, 1.165) is 0 Å². The van der Waals surface area contributed by atoms with Gasteiger partial charge < -0.3 is 9.72 Å². The topological polar surface area (TPSA) is 42.1 Å². The smallest absolute Gasteiger partial charge is 0.387 e. The van der Waals surface area contributed by atoms with Crippen molar-refractivity contribution in [1.82, 2.24) is 4.98 Å². The zero-order valence-corrected chi connectivity index (χ0v) is 7.54. The number of fused-ring (bicyclic) bond motifs is 1. The molecule has 0 spiro atoms. The Hall–Kier alpha value is -1.91. The summed E-state index contributed by atoms with van der Waals surface area (Å²) in [6.07, 6.45) is 0. The Morgan fingerprint density at radius 3 is 2.73 bits per heavy atom. The van der Waals surface area contributed by atoms with Crippen LogP contribution in [0.1, 0.15) is 0 Å². The molecule has 0 saturated heterocycles. The largest absolute Gasteiger partial charge is 0.433 e. The minimum absolute atomic E-state index is 0.0276. The number of hydrogen-bond donors (Lipinski definition) is 1. The molecule has 2 aromatic rings. The van der Waals surface area contributed by atoms with Crippen molar-refractivity contribution in [1.29, 1.82) is 0 Å². The van der Waals surface area contributed by atoms with Crippen molar-refractivity contribution in [2.45, 2.75) is 6.61 Å². The second-order valence-corrected chi connectivity index (χ2v) is 2.92. The van der Waals surface area contributed by atoms with E-state index in [1.54, 1.807) is 18.2 Å². The van der Waals surface area contributed by atoms with Crippen molar-refractivity contribution >= 4 is 10.9 Å². The molecule has 0 atom stereocenters. The third kappa shape index (κ3) is 1.96. The van der Waals surface area contributed by atoms with E-state index < -0.39 is 6.61 Å². The van der Waals surface area contributed by atoms with Crippen molar-refractivity contribution in [2.75, 3.05) is 0 Å². The van der Waals surface area contributed by atoms with Crippen LogP contribution in [0.2, 0.25) is 0 Å². The Bertz CT molecular complexity index is 536. The van der Waals surface area contributed by atoms with Gasteiger partial charge in [-0.1, -0.05) is 12.1 Å². The number of benzene rings is 1. The molecule has 0 amide bonds. The lowest BCUT2D eigenvalue weighted by atomic mass is 10.2. The van der Waals surface area contributed by atoms with E-state index in [-0.39, 0.29) is 16.8 Å². The first-order chi connectivity index (χ1) is 7.16. The first-order valence-electron chi connectivity index (χ1n) is 4.24. The molecule has 1 N–H and O–H groups in total. The Labute approximate surface area is 83.3 Å². The molecule has 78 valence electrons. The van der Waals surface area contributed by atoms with Gasteiger partial charge >= 0.3 is 6.61 Å². The summed E-state index contributed by atoms with van der Waals surface area (Å²) in [5.41, 5.74) is -0.0712. The number of ether oxygens (including phenoxy) is 1. The first-order valence-corrected chi connectivity index (χ1v) is 4.24. The van der Waals surface area contributed by atoms with Crippen molar-refractivity contribution in [3.05, 3.63) is 40.7 Å². The average Bonchev–Trinajstić information content (AvgIpc) is 2.18. The van der Waals surface area contributed by atoms with Gasteiger partial charge in [0.2, 0.25) is 5.56 Å². The molecular weight excluding hydrogens is 204 g/mol. The summed E-state index contributed by atoms with van der Waals surface area (Å²) in [6, 6.07) is 7.54. The highest BCUT2D eigenvalue weighted by Gasteiger charge is 2.08. The number of pyridine rings is 1. The molecule has 15 heavy (non-hydrogen) atoms. The lowest BCUT2D eigenvalue weighted by Crippen LogP contribution is -2.06. The summed E-state index contributed by atoms with van der Waals surface area (Å²) in [5.74, 6) is -0.0276. The molecule has 0 saturated carbocycles. The summed E-state index contributed by atoms with van der Waals surface area (Å²) < 4.78 is 28.3. The van der Waals surface area contributed by atoms with Crippen LogP contribution in [0, 0.1) is 0 Å². The van der Waals surface area contributed by atoms with E-state index in [1.807, 2.05) is 0 Å². The van der Waals surface area contributed by atoms with Crippen LogP contribution in [0.5, 0.6) is 5.75 Å². The maximum Gasteiger partial charge on any atom is 0.387 e. The molecule has 0 aliphatic carbocycles. The van der Waals surface area contributed by atoms with E-state index >= 15 is 0 Å². The highest BCUT2D eigenvalue weighted by Crippen LogP contribution is 2.23. The van der Waals surface area contributed by atoms with E-state index in [0.29, 0.717) is 5.39 Å². The Morgan fingerprint density at radius 2 is 2.00 bits per heavy atom. The maximum absolute atomic E-state index is 12.0. The molecule has 1 aromatic heterocycles. The van der Waals surface area contributed by atoms with E-state index in [1.165, 1.54) is 12.1 Å². The number of aromatic amines is 1. The van der Waals surface area contributed by atoms with Crippen LogP contribution in [0.3, 0.4) is 0 Å². The van der Waals surface area contributed by atoms with Gasteiger partial charge in [-0.2, -0.15) is 8.78 Å². The Kier molecular flexibility index (Phi) is 2.37. The standard InChI is InChI=1S/C10H7F2NO2/c11-10(12)15-7-3-1-2-6-4-5-8(14)13-9(6)7/h1-5,10H,(H,13,14). The molecule has 3 nitrogen and oxygen atoms in total. The summed E-state index contributed by atoms with van der Waals surface area (Å²) in [6.45, 7) is -2.90. The van der Waals surface area contributed by atoms with E-state index in [9.17, 15) is 13.6 Å². The van der Waals surface area contributed by atoms with Gasteiger partial charge in [0.25, 0.3) is 0 Å². The van der Waals surface area contributed by atoms with Gasteiger partial charge in [0.15, 0.2) is 0 Å². The summed E-state index contributed by atoms with van der Waals surface area (Å²) in [7, 11) is 0. The molecule has 0 fully saturated rings. The second kappa shape index (κ2) is 3.68. The molecule has 1 heterocycles. The predicted octanol–water partition coefficient (Wildman–Crippen LogP) is 2.13. The van der Waals surface area contributed by atoms with Crippen LogP contribution < -0.4 is 10.3 Å². The zero-order chi connectivity index (χ0) is 10.8. The van der Waals surface area contributed by atoms with Crippen LogP contribution >= 0.6 is 0 Å². The number of para-hydroxylation sites is 1. The number of hydrogen-bond acceptors (Lipinski definition) is 2. The SMILES string of the molecule is O=c1ccc2cccc(OC(F)F)c2[nH]1. The minimum Gasteiger partial charge on any atom is -0.433 e. The second-order valence-electron chi connectivity index (χ2n) is 2.92. The number of H-pyrrole nitrogens is 1. The molecule has 0 unspecified atom stereocenters. The maximum atomic E-state index is 12.0. The van der Waals surface area contributed by atoms with E-state index in [4.69, 9.17) is 0 Å². The highest BCUT2D eigenvalue weighted by atomic mass is 19.3. The van der Waals surface area contributed by atoms with Crippen molar-refractivity contribution in [2.24, 2.45) is 0 Å². The van der Waals surface area contributed by atoms with E-state index in [2.05, 4.69) is 9.72 Å². The number of aromatic nitrogens is 1.